The molecule has 2 rings (SSSR count). The van der Waals surface area contributed by atoms with Crippen LogP contribution in [0.15, 0.2) is 22.6 Å². The number of rotatable bonds is 6. The molecule has 0 fully saturated rings. The van der Waals surface area contributed by atoms with E-state index in [1.54, 1.807) is 10.6 Å². The number of fused-ring (bicyclic) bond motifs is 1. The zero-order chi connectivity index (χ0) is 17.1. The van der Waals surface area contributed by atoms with Crippen molar-refractivity contribution in [2.24, 2.45) is 0 Å². The maximum atomic E-state index is 12.8. The van der Waals surface area contributed by atoms with Gasteiger partial charge in [-0.1, -0.05) is 17.8 Å². The van der Waals surface area contributed by atoms with E-state index in [9.17, 15) is 9.59 Å². The van der Waals surface area contributed by atoms with E-state index in [1.807, 2.05) is 27.7 Å². The highest BCUT2D eigenvalue weighted by Gasteiger charge is 2.20. The maximum absolute atomic E-state index is 12.8. The van der Waals surface area contributed by atoms with Gasteiger partial charge in [-0.25, -0.2) is 4.98 Å². The first-order valence-corrected chi connectivity index (χ1v) is 9.16. The summed E-state index contributed by atoms with van der Waals surface area (Å²) < 4.78 is 1.59. The van der Waals surface area contributed by atoms with Crippen molar-refractivity contribution in [2.75, 3.05) is 6.54 Å². The molecule has 2 aromatic rings. The van der Waals surface area contributed by atoms with Gasteiger partial charge in [-0.2, -0.15) is 0 Å². The van der Waals surface area contributed by atoms with Gasteiger partial charge in [0.05, 0.1) is 10.6 Å². The molecule has 0 bridgehead atoms. The molecule has 2 aromatic heterocycles. The van der Waals surface area contributed by atoms with Gasteiger partial charge in [-0.15, -0.1) is 17.9 Å². The number of hydrogen-bond acceptors (Lipinski definition) is 5. The van der Waals surface area contributed by atoms with Gasteiger partial charge in [-0.3, -0.25) is 14.2 Å². The van der Waals surface area contributed by atoms with Gasteiger partial charge in [0.2, 0.25) is 5.91 Å². The molecule has 7 heteroatoms. The first-order valence-electron chi connectivity index (χ1n) is 7.46. The molecular weight excluding hydrogens is 330 g/mol. The predicted molar refractivity (Wildman–Crippen MR) is 97.6 cm³/mol. The summed E-state index contributed by atoms with van der Waals surface area (Å²) in [7, 11) is 0. The molecular formula is C16H21N3O2S2. The van der Waals surface area contributed by atoms with E-state index >= 15 is 0 Å². The molecule has 0 aliphatic heterocycles. The molecule has 0 aliphatic carbocycles. The molecule has 2 heterocycles. The quantitative estimate of drug-likeness (QED) is 0.494. The van der Waals surface area contributed by atoms with Crippen LogP contribution in [-0.4, -0.2) is 27.3 Å². The van der Waals surface area contributed by atoms with Crippen molar-refractivity contribution in [3.05, 3.63) is 33.4 Å². The van der Waals surface area contributed by atoms with Gasteiger partial charge in [0.25, 0.3) is 5.56 Å². The third-order valence-corrected chi connectivity index (χ3v) is 5.76. The number of carbonyl (C=O) groups excluding carboxylic acids is 1. The summed E-state index contributed by atoms with van der Waals surface area (Å²) in [6.45, 7) is 12.3. The summed E-state index contributed by atoms with van der Waals surface area (Å²) in [5.41, 5.74) is 0.913. The van der Waals surface area contributed by atoms with Crippen molar-refractivity contribution in [2.45, 2.75) is 44.6 Å². The number of nitrogens with zero attached hydrogens (tertiary/aromatic N) is 2. The number of nitrogens with one attached hydrogen (secondary N) is 1. The van der Waals surface area contributed by atoms with Gasteiger partial charge >= 0.3 is 0 Å². The first-order chi connectivity index (χ1) is 10.9. The van der Waals surface area contributed by atoms with Gasteiger partial charge < -0.3 is 5.32 Å². The molecule has 0 unspecified atom stereocenters. The molecule has 0 saturated carbocycles. The lowest BCUT2D eigenvalue weighted by Crippen LogP contribution is -2.31. The van der Waals surface area contributed by atoms with E-state index in [0.29, 0.717) is 23.6 Å². The van der Waals surface area contributed by atoms with Crippen LogP contribution in [0.2, 0.25) is 0 Å². The highest BCUT2D eigenvalue weighted by molar-refractivity contribution is 8.00. The van der Waals surface area contributed by atoms with Gasteiger partial charge in [0.1, 0.15) is 4.83 Å². The number of thiophene rings is 1. The number of aryl methyl sites for hydroxylation is 2. The first kappa shape index (κ1) is 17.7. The van der Waals surface area contributed by atoms with Gasteiger partial charge in [-0.05, 0) is 33.3 Å². The van der Waals surface area contributed by atoms with Crippen LogP contribution in [0.5, 0.6) is 0 Å². The van der Waals surface area contributed by atoms with Crippen LogP contribution in [0.3, 0.4) is 0 Å². The number of thioether (sulfide) groups is 1. The summed E-state index contributed by atoms with van der Waals surface area (Å²) in [5, 5.41) is 3.70. The van der Waals surface area contributed by atoms with Crippen LogP contribution in [0.1, 0.15) is 24.3 Å². The lowest BCUT2D eigenvalue weighted by atomic mass is 10.2. The molecule has 0 aromatic carbocycles. The lowest BCUT2D eigenvalue weighted by molar-refractivity contribution is -0.120. The standard InChI is InChI=1S/C16H21N3O2S2/c1-6-8-19-15(21)12-9(3)10(4)22-14(12)18-16(19)23-11(5)13(20)17-7-2/h6,11H,1,7-8H2,2-5H3,(H,17,20)/t11-/m0/s1. The fourth-order valence-corrected chi connectivity index (χ4v) is 4.23. The third kappa shape index (κ3) is 3.50. The maximum Gasteiger partial charge on any atom is 0.263 e. The Morgan fingerprint density at radius 2 is 2.22 bits per heavy atom. The zero-order valence-electron chi connectivity index (χ0n) is 13.8. The summed E-state index contributed by atoms with van der Waals surface area (Å²) in [6.07, 6.45) is 1.67. The number of amides is 1. The normalized spacial score (nSPS) is 12.3. The number of aromatic nitrogens is 2. The average Bonchev–Trinajstić information content (AvgIpc) is 2.78. The Bertz CT molecular complexity index is 808. The summed E-state index contributed by atoms with van der Waals surface area (Å²) in [6, 6.07) is 0. The topological polar surface area (TPSA) is 64.0 Å². The van der Waals surface area contributed by atoms with E-state index in [2.05, 4.69) is 16.9 Å². The van der Waals surface area contributed by atoms with Gasteiger partial charge in [0.15, 0.2) is 5.16 Å². The lowest BCUT2D eigenvalue weighted by Gasteiger charge is -2.14. The Morgan fingerprint density at radius 1 is 1.52 bits per heavy atom. The van der Waals surface area contributed by atoms with Crippen molar-refractivity contribution in [1.82, 2.24) is 14.9 Å². The zero-order valence-corrected chi connectivity index (χ0v) is 15.4. The van der Waals surface area contributed by atoms with Crippen molar-refractivity contribution in [3.63, 3.8) is 0 Å². The smallest absolute Gasteiger partial charge is 0.263 e. The second-order valence-corrected chi connectivity index (χ2v) is 7.73. The van der Waals surface area contributed by atoms with Crippen LogP contribution in [-0.2, 0) is 11.3 Å². The Hall–Kier alpha value is -1.60. The Labute approximate surface area is 143 Å². The number of allylic oxidation sites excluding steroid dienone is 1. The van der Waals surface area contributed by atoms with Crippen molar-refractivity contribution in [1.29, 1.82) is 0 Å². The molecule has 0 saturated heterocycles. The second kappa shape index (κ2) is 7.31. The van der Waals surface area contributed by atoms with E-state index in [4.69, 9.17) is 0 Å². The van der Waals surface area contributed by atoms with Crippen LogP contribution in [0.4, 0.5) is 0 Å². The summed E-state index contributed by atoms with van der Waals surface area (Å²) in [4.78, 5) is 31.2. The molecule has 23 heavy (non-hydrogen) atoms. The largest absolute Gasteiger partial charge is 0.355 e. The molecule has 124 valence electrons. The Balaban J connectivity index is 2.54. The summed E-state index contributed by atoms with van der Waals surface area (Å²) >= 11 is 2.82. The van der Waals surface area contributed by atoms with Crippen LogP contribution < -0.4 is 10.9 Å². The molecule has 0 spiro atoms. The minimum atomic E-state index is -0.322. The predicted octanol–water partition coefficient (Wildman–Crippen LogP) is 2.88. The van der Waals surface area contributed by atoms with Crippen molar-refractivity contribution >= 4 is 39.2 Å². The van der Waals surface area contributed by atoms with Crippen molar-refractivity contribution in [3.8, 4) is 0 Å². The summed E-state index contributed by atoms with van der Waals surface area (Å²) in [5.74, 6) is -0.0597. The Morgan fingerprint density at radius 3 is 2.83 bits per heavy atom. The molecule has 0 aliphatic rings. The monoisotopic (exact) mass is 351 g/mol. The average molecular weight is 351 g/mol. The highest BCUT2D eigenvalue weighted by Crippen LogP contribution is 2.29. The van der Waals surface area contributed by atoms with E-state index in [1.165, 1.54) is 23.1 Å². The van der Waals surface area contributed by atoms with E-state index < -0.39 is 0 Å². The minimum Gasteiger partial charge on any atom is -0.355 e. The molecule has 1 N–H and O–H groups in total. The third-order valence-electron chi connectivity index (χ3n) is 3.57. The van der Waals surface area contributed by atoms with Crippen LogP contribution >= 0.6 is 23.1 Å². The van der Waals surface area contributed by atoms with E-state index in [-0.39, 0.29) is 16.7 Å². The van der Waals surface area contributed by atoms with Crippen LogP contribution in [0, 0.1) is 13.8 Å². The molecule has 1 atom stereocenters. The molecule has 5 nitrogen and oxygen atoms in total. The molecule has 0 radical (unpaired) electrons. The minimum absolute atomic E-state index is 0.0597. The molecule has 1 amide bonds. The number of hydrogen-bond donors (Lipinski definition) is 1. The van der Waals surface area contributed by atoms with Gasteiger partial charge in [0, 0.05) is 18.0 Å². The number of carbonyl (C=O) groups is 1. The second-order valence-electron chi connectivity index (χ2n) is 5.22. The SMILES string of the molecule is C=CCn1c(S[C@@H](C)C(=O)NCC)nc2sc(C)c(C)c2c1=O. The fourth-order valence-electron chi connectivity index (χ4n) is 2.22. The highest BCUT2D eigenvalue weighted by atomic mass is 32.2. The Kier molecular flexibility index (Phi) is 5.64. The van der Waals surface area contributed by atoms with Crippen molar-refractivity contribution < 1.29 is 4.79 Å². The van der Waals surface area contributed by atoms with E-state index in [0.717, 1.165) is 15.3 Å². The van der Waals surface area contributed by atoms with Crippen LogP contribution in [0.25, 0.3) is 10.2 Å². The fraction of sp³-hybridized carbons (Fsp3) is 0.438.